The number of hydrogen-bond donors (Lipinski definition) is 3. The van der Waals surface area contributed by atoms with Crippen molar-refractivity contribution >= 4 is 29.2 Å². The normalized spacial score (nSPS) is 10.5. The lowest BCUT2D eigenvalue weighted by Crippen LogP contribution is -2.06. The molecule has 3 aromatic rings. The van der Waals surface area contributed by atoms with Crippen LogP contribution in [0.3, 0.4) is 0 Å². The van der Waals surface area contributed by atoms with Gasteiger partial charge in [0.25, 0.3) is 0 Å². The number of aromatic nitrogens is 3. The van der Waals surface area contributed by atoms with E-state index in [4.69, 9.17) is 22.1 Å². The minimum atomic E-state index is 0.0673. The van der Waals surface area contributed by atoms with Gasteiger partial charge >= 0.3 is 0 Å². The molecule has 1 aromatic heterocycles. The number of hydrogen-bond acceptors (Lipinski definition) is 7. The van der Waals surface area contributed by atoms with E-state index < -0.39 is 0 Å². The van der Waals surface area contributed by atoms with E-state index in [1.54, 1.807) is 42.5 Å². The number of nitrogens with one attached hydrogen (secondary N) is 1. The molecule has 4 N–H and O–H groups in total. The molecule has 0 radical (unpaired) electrons. The van der Waals surface area contributed by atoms with Gasteiger partial charge in [-0.05, 0) is 48.9 Å². The SMILES string of the molecule is CCCOc1ccc(Cl)cc1-c1nc(N)nc(Nc2ccc(O)cc2)n1. The number of phenols is 1. The molecule has 0 aliphatic heterocycles. The summed E-state index contributed by atoms with van der Waals surface area (Å²) in [5, 5.41) is 12.9. The van der Waals surface area contributed by atoms with Crippen molar-refractivity contribution in [3.8, 4) is 22.9 Å². The molecule has 3 rings (SSSR count). The minimum Gasteiger partial charge on any atom is -0.508 e. The molecule has 7 nitrogen and oxygen atoms in total. The number of phenolic OH excluding ortho intramolecular Hbond substituents is 1. The molecule has 0 aliphatic rings. The summed E-state index contributed by atoms with van der Waals surface area (Å²) < 4.78 is 5.76. The van der Waals surface area contributed by atoms with Crippen molar-refractivity contribution in [2.24, 2.45) is 0 Å². The highest BCUT2D eigenvalue weighted by Gasteiger charge is 2.13. The smallest absolute Gasteiger partial charge is 0.232 e. The number of anilines is 3. The molecule has 0 saturated heterocycles. The summed E-state index contributed by atoms with van der Waals surface area (Å²) in [5.74, 6) is 1.49. The Kier molecular flexibility index (Phi) is 5.38. The van der Waals surface area contributed by atoms with Crippen molar-refractivity contribution in [3.63, 3.8) is 0 Å². The van der Waals surface area contributed by atoms with Crippen LogP contribution in [0, 0.1) is 0 Å². The molecule has 0 bridgehead atoms. The van der Waals surface area contributed by atoms with Gasteiger partial charge in [-0.1, -0.05) is 18.5 Å². The summed E-state index contributed by atoms with van der Waals surface area (Å²) in [6.45, 7) is 2.59. The highest BCUT2D eigenvalue weighted by molar-refractivity contribution is 6.30. The van der Waals surface area contributed by atoms with E-state index in [1.165, 1.54) is 0 Å². The van der Waals surface area contributed by atoms with E-state index >= 15 is 0 Å². The van der Waals surface area contributed by atoms with Crippen molar-refractivity contribution < 1.29 is 9.84 Å². The second kappa shape index (κ2) is 7.88. The van der Waals surface area contributed by atoms with Gasteiger partial charge in [0.15, 0.2) is 5.82 Å². The molecule has 8 heteroatoms. The predicted molar refractivity (Wildman–Crippen MR) is 102 cm³/mol. The van der Waals surface area contributed by atoms with Gasteiger partial charge in [0.1, 0.15) is 11.5 Å². The van der Waals surface area contributed by atoms with Crippen molar-refractivity contribution in [1.29, 1.82) is 0 Å². The zero-order valence-corrected chi connectivity index (χ0v) is 14.9. The van der Waals surface area contributed by atoms with E-state index in [9.17, 15) is 5.11 Å². The fourth-order valence-electron chi connectivity index (χ4n) is 2.26. The molecule has 1 heterocycles. The predicted octanol–water partition coefficient (Wildman–Crippen LogP) is 4.01. The first-order chi connectivity index (χ1) is 12.5. The average Bonchev–Trinajstić information content (AvgIpc) is 2.62. The second-order valence-electron chi connectivity index (χ2n) is 5.50. The number of rotatable bonds is 6. The Bertz CT molecular complexity index is 903. The molecule has 26 heavy (non-hydrogen) atoms. The van der Waals surface area contributed by atoms with Crippen LogP contribution in [0.4, 0.5) is 17.6 Å². The van der Waals surface area contributed by atoms with Crippen molar-refractivity contribution in [2.45, 2.75) is 13.3 Å². The first-order valence-electron chi connectivity index (χ1n) is 8.05. The highest BCUT2D eigenvalue weighted by atomic mass is 35.5. The van der Waals surface area contributed by atoms with E-state index in [0.717, 1.165) is 6.42 Å². The Labute approximate surface area is 155 Å². The molecule has 0 atom stereocenters. The van der Waals surface area contributed by atoms with Crippen LogP contribution in [0.5, 0.6) is 11.5 Å². The number of nitrogens with zero attached hydrogens (tertiary/aromatic N) is 3. The van der Waals surface area contributed by atoms with Crippen molar-refractivity contribution in [2.75, 3.05) is 17.7 Å². The molecule has 0 unspecified atom stereocenters. The topological polar surface area (TPSA) is 106 Å². The molecule has 0 spiro atoms. The number of benzene rings is 2. The van der Waals surface area contributed by atoms with Crippen LogP contribution in [0.25, 0.3) is 11.4 Å². The van der Waals surface area contributed by atoms with Crippen LogP contribution in [0.2, 0.25) is 5.02 Å². The van der Waals surface area contributed by atoms with Gasteiger partial charge in [-0.2, -0.15) is 15.0 Å². The van der Waals surface area contributed by atoms with Crippen LogP contribution >= 0.6 is 11.6 Å². The Balaban J connectivity index is 1.97. The maximum atomic E-state index is 9.37. The van der Waals surface area contributed by atoms with Crippen molar-refractivity contribution in [3.05, 3.63) is 47.5 Å². The summed E-state index contributed by atoms with van der Waals surface area (Å²) in [7, 11) is 0. The zero-order chi connectivity index (χ0) is 18.5. The Morgan fingerprint density at radius 3 is 2.62 bits per heavy atom. The Morgan fingerprint density at radius 1 is 1.12 bits per heavy atom. The van der Waals surface area contributed by atoms with Crippen LogP contribution in [0.15, 0.2) is 42.5 Å². The molecule has 0 saturated carbocycles. The zero-order valence-electron chi connectivity index (χ0n) is 14.1. The summed E-state index contributed by atoms with van der Waals surface area (Å²) in [5.41, 5.74) is 7.18. The standard InChI is InChI=1S/C18H18ClN5O2/c1-2-9-26-15-8-3-11(19)10-14(15)16-22-17(20)24-18(23-16)21-12-4-6-13(25)7-5-12/h3-8,10,25H,2,9H2,1H3,(H3,20,21,22,23,24). The summed E-state index contributed by atoms with van der Waals surface area (Å²) in [4.78, 5) is 12.7. The lowest BCUT2D eigenvalue weighted by atomic mass is 10.2. The molecule has 0 amide bonds. The largest absolute Gasteiger partial charge is 0.508 e. The summed E-state index contributed by atoms with van der Waals surface area (Å²) in [6, 6.07) is 11.8. The van der Waals surface area contributed by atoms with Gasteiger partial charge in [0, 0.05) is 10.7 Å². The highest BCUT2D eigenvalue weighted by Crippen LogP contribution is 2.31. The van der Waals surface area contributed by atoms with Crippen LogP contribution in [-0.4, -0.2) is 26.7 Å². The quantitative estimate of drug-likeness (QED) is 0.562. The third kappa shape index (κ3) is 4.31. The number of ether oxygens (including phenoxy) is 1. The van der Waals surface area contributed by atoms with E-state index in [1.807, 2.05) is 6.92 Å². The molecule has 2 aromatic carbocycles. The van der Waals surface area contributed by atoms with Crippen LogP contribution in [0.1, 0.15) is 13.3 Å². The lowest BCUT2D eigenvalue weighted by molar-refractivity contribution is 0.318. The maximum Gasteiger partial charge on any atom is 0.232 e. The number of aromatic hydroxyl groups is 1. The molecule has 134 valence electrons. The first kappa shape index (κ1) is 17.8. The molecule has 0 aliphatic carbocycles. The van der Waals surface area contributed by atoms with Gasteiger partial charge < -0.3 is 20.9 Å². The van der Waals surface area contributed by atoms with Crippen LogP contribution in [-0.2, 0) is 0 Å². The Hall–Kier alpha value is -3.06. The van der Waals surface area contributed by atoms with E-state index in [-0.39, 0.29) is 17.6 Å². The average molecular weight is 372 g/mol. The third-order valence-electron chi connectivity index (χ3n) is 3.42. The first-order valence-corrected chi connectivity index (χ1v) is 8.43. The summed E-state index contributed by atoms with van der Waals surface area (Å²) >= 11 is 6.13. The number of nitrogens with two attached hydrogens (primary N) is 1. The van der Waals surface area contributed by atoms with Gasteiger partial charge in [-0.15, -0.1) is 0 Å². The van der Waals surface area contributed by atoms with E-state index in [2.05, 4.69) is 20.3 Å². The lowest BCUT2D eigenvalue weighted by Gasteiger charge is -2.12. The monoisotopic (exact) mass is 371 g/mol. The fraction of sp³-hybridized carbons (Fsp3) is 0.167. The number of nitrogen functional groups attached to an aromatic ring is 1. The molecular weight excluding hydrogens is 354 g/mol. The number of halogens is 1. The molecular formula is C18H18ClN5O2. The fourth-order valence-corrected chi connectivity index (χ4v) is 2.43. The minimum absolute atomic E-state index is 0.0673. The van der Waals surface area contributed by atoms with Gasteiger partial charge in [-0.25, -0.2) is 0 Å². The Morgan fingerprint density at radius 2 is 1.88 bits per heavy atom. The van der Waals surface area contributed by atoms with Crippen LogP contribution < -0.4 is 15.8 Å². The van der Waals surface area contributed by atoms with Gasteiger partial charge in [0.2, 0.25) is 11.9 Å². The van der Waals surface area contributed by atoms with Crippen molar-refractivity contribution in [1.82, 2.24) is 15.0 Å². The van der Waals surface area contributed by atoms with Gasteiger partial charge in [-0.3, -0.25) is 0 Å². The third-order valence-corrected chi connectivity index (χ3v) is 3.66. The maximum absolute atomic E-state index is 9.37. The van der Waals surface area contributed by atoms with E-state index in [0.29, 0.717) is 34.5 Å². The summed E-state index contributed by atoms with van der Waals surface area (Å²) in [6.07, 6.45) is 0.870. The van der Waals surface area contributed by atoms with Gasteiger partial charge in [0.05, 0.1) is 12.2 Å². The second-order valence-corrected chi connectivity index (χ2v) is 5.94. The molecule has 0 fully saturated rings.